The average molecular weight is 265 g/mol. The van der Waals surface area contributed by atoms with Crippen molar-refractivity contribution in [2.45, 2.75) is 22.6 Å². The summed E-state index contributed by atoms with van der Waals surface area (Å²) in [5.41, 5.74) is 6.19. The lowest BCUT2D eigenvalue weighted by Gasteiger charge is -2.03. The molecule has 17 heavy (non-hydrogen) atoms. The van der Waals surface area contributed by atoms with Gasteiger partial charge in [-0.2, -0.15) is 4.37 Å². The first-order chi connectivity index (χ1) is 8.20. The molecule has 0 unspecified atom stereocenters. The number of hydrogen-bond acceptors (Lipinski definition) is 6. The molecule has 0 saturated heterocycles. The van der Waals surface area contributed by atoms with Gasteiger partial charge in [-0.15, -0.1) is 0 Å². The predicted octanol–water partition coefficient (Wildman–Crippen LogP) is 1.93. The zero-order valence-electron chi connectivity index (χ0n) is 9.17. The second-order valence-corrected chi connectivity index (χ2v) is 5.26. The van der Waals surface area contributed by atoms with Crippen LogP contribution in [0.1, 0.15) is 18.3 Å². The smallest absolute Gasteiger partial charge is 0.174 e. The molecular formula is C10H11N5S2. The molecule has 2 heterocycles. The Labute approximate surface area is 107 Å². The van der Waals surface area contributed by atoms with Crippen molar-refractivity contribution in [2.24, 2.45) is 5.73 Å². The first kappa shape index (κ1) is 12.0. The molecule has 0 atom stereocenters. The van der Waals surface area contributed by atoms with Gasteiger partial charge >= 0.3 is 0 Å². The average Bonchev–Trinajstić information content (AvgIpc) is 2.77. The molecule has 0 spiro atoms. The monoisotopic (exact) mass is 265 g/mol. The maximum Gasteiger partial charge on any atom is 0.174 e. The number of pyridine rings is 1. The third kappa shape index (κ3) is 2.80. The van der Waals surface area contributed by atoms with Crippen LogP contribution in [0.15, 0.2) is 27.7 Å². The first-order valence-electron chi connectivity index (χ1n) is 4.99. The topological polar surface area (TPSA) is 88.5 Å². The molecule has 5 nitrogen and oxygen atoms in total. The van der Waals surface area contributed by atoms with Gasteiger partial charge in [-0.05, 0) is 17.6 Å². The van der Waals surface area contributed by atoms with E-state index in [9.17, 15) is 0 Å². The summed E-state index contributed by atoms with van der Waals surface area (Å²) in [4.78, 5) is 9.22. The minimum absolute atomic E-state index is 0.0372. The number of nitrogens with zero attached hydrogens (tertiary/aromatic N) is 3. The van der Waals surface area contributed by atoms with Crippen LogP contribution in [0.3, 0.4) is 0 Å². The van der Waals surface area contributed by atoms with Gasteiger partial charge in [0.2, 0.25) is 0 Å². The van der Waals surface area contributed by atoms with Crippen molar-refractivity contribution in [3.8, 4) is 0 Å². The lowest BCUT2D eigenvalue weighted by Crippen LogP contribution is -2.12. The quantitative estimate of drug-likeness (QED) is 0.651. The van der Waals surface area contributed by atoms with E-state index < -0.39 is 0 Å². The molecule has 88 valence electrons. The molecule has 0 aliphatic carbocycles. The molecule has 3 N–H and O–H groups in total. The van der Waals surface area contributed by atoms with Gasteiger partial charge in [0.25, 0.3) is 0 Å². The summed E-state index contributed by atoms with van der Waals surface area (Å²) in [6.07, 6.45) is 4.14. The van der Waals surface area contributed by atoms with E-state index in [1.165, 1.54) is 23.3 Å². The fraction of sp³-hybridized carbons (Fsp3) is 0.200. The third-order valence-corrected chi connectivity index (χ3v) is 3.87. The SMILES string of the molecule is CCc1nsc(Sc2cnccc2C(=N)N)n1. The van der Waals surface area contributed by atoms with Crippen LogP contribution < -0.4 is 5.73 Å². The molecule has 0 aromatic carbocycles. The highest BCUT2D eigenvalue weighted by Gasteiger charge is 2.10. The number of rotatable bonds is 4. The fourth-order valence-electron chi connectivity index (χ4n) is 1.20. The molecule has 2 aromatic heterocycles. The summed E-state index contributed by atoms with van der Waals surface area (Å²) in [6, 6.07) is 1.73. The van der Waals surface area contributed by atoms with E-state index >= 15 is 0 Å². The number of nitrogen functional groups attached to an aromatic ring is 1. The van der Waals surface area contributed by atoms with Crippen molar-refractivity contribution in [2.75, 3.05) is 0 Å². The lowest BCUT2D eigenvalue weighted by molar-refractivity contribution is 0.971. The molecule has 0 radical (unpaired) electrons. The highest BCUT2D eigenvalue weighted by Crippen LogP contribution is 2.30. The second-order valence-electron chi connectivity index (χ2n) is 3.22. The third-order valence-electron chi connectivity index (χ3n) is 2.04. The van der Waals surface area contributed by atoms with Crippen molar-refractivity contribution in [1.82, 2.24) is 14.3 Å². The number of nitrogens with one attached hydrogen (secondary N) is 1. The molecule has 0 bridgehead atoms. The molecule has 2 rings (SSSR count). The van der Waals surface area contributed by atoms with E-state index in [1.807, 2.05) is 6.92 Å². The van der Waals surface area contributed by atoms with Gasteiger partial charge in [0.05, 0.1) is 0 Å². The minimum Gasteiger partial charge on any atom is -0.384 e. The molecule has 0 saturated carbocycles. The maximum atomic E-state index is 7.49. The Kier molecular flexibility index (Phi) is 3.70. The van der Waals surface area contributed by atoms with Crippen LogP contribution in [0.25, 0.3) is 0 Å². The Balaban J connectivity index is 2.26. The summed E-state index contributed by atoms with van der Waals surface area (Å²) in [7, 11) is 0. The summed E-state index contributed by atoms with van der Waals surface area (Å²) in [5.74, 6) is 0.876. The van der Waals surface area contributed by atoms with Crippen molar-refractivity contribution >= 4 is 29.1 Å². The lowest BCUT2D eigenvalue weighted by atomic mass is 10.2. The van der Waals surface area contributed by atoms with Crippen molar-refractivity contribution in [3.05, 3.63) is 29.8 Å². The van der Waals surface area contributed by atoms with Gasteiger partial charge in [0.1, 0.15) is 11.7 Å². The van der Waals surface area contributed by atoms with Gasteiger partial charge in [-0.25, -0.2) is 4.98 Å². The zero-order valence-corrected chi connectivity index (χ0v) is 10.8. The first-order valence-corrected chi connectivity index (χ1v) is 6.58. The number of amidine groups is 1. The standard InChI is InChI=1S/C10H11N5S2/c1-2-8-14-10(17-15-8)16-7-5-13-4-3-6(7)9(11)12/h3-5H,2H2,1H3,(H3,11,12). The number of aromatic nitrogens is 3. The van der Waals surface area contributed by atoms with E-state index in [0.29, 0.717) is 5.56 Å². The van der Waals surface area contributed by atoms with Crippen LogP contribution in [-0.2, 0) is 6.42 Å². The van der Waals surface area contributed by atoms with E-state index in [1.54, 1.807) is 18.5 Å². The molecule has 2 aromatic rings. The van der Waals surface area contributed by atoms with Crippen LogP contribution in [-0.4, -0.2) is 20.2 Å². The minimum atomic E-state index is 0.0372. The summed E-state index contributed by atoms with van der Waals surface area (Å²) >= 11 is 2.79. The zero-order chi connectivity index (χ0) is 12.3. The maximum absolute atomic E-state index is 7.49. The summed E-state index contributed by atoms with van der Waals surface area (Å²) < 4.78 is 5.05. The van der Waals surface area contributed by atoms with E-state index in [2.05, 4.69) is 14.3 Å². The molecule has 0 amide bonds. The molecule has 0 aliphatic rings. The number of hydrogen-bond donors (Lipinski definition) is 2. The number of aryl methyl sites for hydroxylation is 1. The van der Waals surface area contributed by atoms with Crippen LogP contribution in [0, 0.1) is 5.41 Å². The van der Waals surface area contributed by atoms with Crippen LogP contribution in [0.5, 0.6) is 0 Å². The van der Waals surface area contributed by atoms with Crippen LogP contribution >= 0.6 is 23.3 Å². The Morgan fingerprint density at radius 3 is 3.06 bits per heavy atom. The van der Waals surface area contributed by atoms with Gasteiger partial charge < -0.3 is 5.73 Å². The predicted molar refractivity (Wildman–Crippen MR) is 68.7 cm³/mol. The Bertz CT molecular complexity index is 537. The molecular weight excluding hydrogens is 254 g/mol. The van der Waals surface area contributed by atoms with Crippen molar-refractivity contribution in [3.63, 3.8) is 0 Å². The Morgan fingerprint density at radius 2 is 2.41 bits per heavy atom. The Morgan fingerprint density at radius 1 is 1.59 bits per heavy atom. The van der Waals surface area contributed by atoms with E-state index in [0.717, 1.165) is 21.5 Å². The molecule has 0 aliphatic heterocycles. The normalized spacial score (nSPS) is 10.4. The van der Waals surface area contributed by atoms with E-state index in [-0.39, 0.29) is 5.84 Å². The van der Waals surface area contributed by atoms with Crippen LogP contribution in [0.2, 0.25) is 0 Å². The van der Waals surface area contributed by atoms with Gasteiger partial charge in [0, 0.05) is 29.3 Å². The van der Waals surface area contributed by atoms with E-state index in [4.69, 9.17) is 11.1 Å². The molecule has 0 fully saturated rings. The van der Waals surface area contributed by atoms with Gasteiger partial charge in [-0.1, -0.05) is 18.7 Å². The second kappa shape index (κ2) is 5.24. The highest BCUT2D eigenvalue weighted by atomic mass is 32.2. The van der Waals surface area contributed by atoms with Gasteiger partial charge in [0.15, 0.2) is 4.34 Å². The fourth-order valence-corrected chi connectivity index (χ4v) is 2.97. The Hall–Kier alpha value is -1.47. The van der Waals surface area contributed by atoms with Gasteiger partial charge in [-0.3, -0.25) is 10.4 Å². The highest BCUT2D eigenvalue weighted by molar-refractivity contribution is 8.01. The van der Waals surface area contributed by atoms with Crippen LogP contribution in [0.4, 0.5) is 0 Å². The van der Waals surface area contributed by atoms with Crippen molar-refractivity contribution in [1.29, 1.82) is 5.41 Å². The summed E-state index contributed by atoms with van der Waals surface area (Å²) in [5, 5.41) is 7.49. The number of nitrogens with two attached hydrogens (primary N) is 1. The largest absolute Gasteiger partial charge is 0.384 e. The van der Waals surface area contributed by atoms with Crippen molar-refractivity contribution < 1.29 is 0 Å². The molecule has 7 heteroatoms. The summed E-state index contributed by atoms with van der Waals surface area (Å²) in [6.45, 7) is 2.02.